The highest BCUT2D eigenvalue weighted by Gasteiger charge is 2.34. The summed E-state index contributed by atoms with van der Waals surface area (Å²) in [4.78, 5) is 7.06. The standard InChI is InChI=1S/C22H34FN3O/c23-19-8-4-5-9-20(19)25-12-14-26(15-13-25)21-10-11-24(17-22(21)27)16-18-6-2-1-3-7-18/h4-5,8-9,18,21-22,27H,1-3,6-7,10-17H2/t21-,22-/m1/s1. The van der Waals surface area contributed by atoms with Gasteiger partial charge in [-0.3, -0.25) is 4.90 Å². The number of anilines is 1. The molecule has 0 amide bonds. The number of aliphatic hydroxyl groups is 1. The van der Waals surface area contributed by atoms with Crippen molar-refractivity contribution in [2.24, 2.45) is 5.92 Å². The van der Waals surface area contributed by atoms with Crippen LogP contribution in [0.4, 0.5) is 10.1 Å². The quantitative estimate of drug-likeness (QED) is 0.876. The minimum Gasteiger partial charge on any atom is -0.390 e. The van der Waals surface area contributed by atoms with E-state index in [0.29, 0.717) is 5.69 Å². The van der Waals surface area contributed by atoms with Gasteiger partial charge < -0.3 is 14.9 Å². The Morgan fingerprint density at radius 2 is 1.67 bits per heavy atom. The van der Waals surface area contributed by atoms with E-state index in [9.17, 15) is 9.50 Å². The maximum atomic E-state index is 14.0. The van der Waals surface area contributed by atoms with Gasteiger partial charge >= 0.3 is 0 Å². The number of rotatable bonds is 4. The zero-order valence-electron chi connectivity index (χ0n) is 16.4. The van der Waals surface area contributed by atoms with Crippen LogP contribution in [-0.2, 0) is 0 Å². The van der Waals surface area contributed by atoms with E-state index in [1.807, 2.05) is 12.1 Å². The van der Waals surface area contributed by atoms with Crippen LogP contribution >= 0.6 is 0 Å². The number of hydrogen-bond acceptors (Lipinski definition) is 4. The molecule has 1 aromatic carbocycles. The fourth-order valence-corrected chi connectivity index (χ4v) is 5.31. The number of likely N-dealkylation sites (tertiary alicyclic amines) is 1. The minimum atomic E-state index is -0.262. The van der Waals surface area contributed by atoms with E-state index in [0.717, 1.165) is 51.6 Å². The number of hydrogen-bond donors (Lipinski definition) is 1. The van der Waals surface area contributed by atoms with Gasteiger partial charge in [0.05, 0.1) is 11.8 Å². The van der Waals surface area contributed by atoms with Crippen molar-refractivity contribution in [2.45, 2.75) is 50.7 Å². The van der Waals surface area contributed by atoms with E-state index < -0.39 is 0 Å². The molecule has 2 atom stereocenters. The smallest absolute Gasteiger partial charge is 0.146 e. The molecule has 2 saturated heterocycles. The maximum Gasteiger partial charge on any atom is 0.146 e. The fourth-order valence-electron chi connectivity index (χ4n) is 5.31. The summed E-state index contributed by atoms with van der Waals surface area (Å²) in [6, 6.07) is 7.30. The molecule has 0 radical (unpaired) electrons. The van der Waals surface area contributed by atoms with Crippen molar-refractivity contribution in [3.05, 3.63) is 30.1 Å². The summed E-state index contributed by atoms with van der Waals surface area (Å²) in [7, 11) is 0. The normalized spacial score (nSPS) is 29.2. The van der Waals surface area contributed by atoms with Crippen LogP contribution in [0.1, 0.15) is 38.5 Å². The number of nitrogens with zero attached hydrogens (tertiary/aromatic N) is 3. The third-order valence-corrected chi connectivity index (χ3v) is 6.85. The molecule has 1 aromatic rings. The number of piperidine rings is 1. The molecule has 27 heavy (non-hydrogen) atoms. The second-order valence-electron chi connectivity index (χ2n) is 8.66. The van der Waals surface area contributed by atoms with Gasteiger partial charge in [-0.05, 0) is 43.9 Å². The Labute approximate surface area is 162 Å². The number of piperazine rings is 1. The van der Waals surface area contributed by atoms with E-state index in [2.05, 4.69) is 14.7 Å². The molecule has 2 heterocycles. The molecular formula is C22H34FN3O. The van der Waals surface area contributed by atoms with E-state index >= 15 is 0 Å². The largest absolute Gasteiger partial charge is 0.390 e. The van der Waals surface area contributed by atoms with Crippen LogP contribution in [0.2, 0.25) is 0 Å². The van der Waals surface area contributed by atoms with Gasteiger partial charge in [-0.2, -0.15) is 0 Å². The molecule has 4 nitrogen and oxygen atoms in total. The Morgan fingerprint density at radius 1 is 0.926 bits per heavy atom. The third-order valence-electron chi connectivity index (χ3n) is 6.85. The second kappa shape index (κ2) is 8.89. The van der Waals surface area contributed by atoms with Crippen LogP contribution in [-0.4, -0.2) is 72.9 Å². The van der Waals surface area contributed by atoms with Crippen LogP contribution in [0.15, 0.2) is 24.3 Å². The SMILES string of the molecule is O[C@@H]1CN(CC2CCCCC2)CC[C@H]1N1CCN(c2ccccc2F)CC1. The number of β-amino-alcohol motifs (C(OH)–C–C–N with tert-alkyl or cyclic N) is 1. The lowest BCUT2D eigenvalue weighted by molar-refractivity contribution is -0.0199. The Morgan fingerprint density at radius 3 is 2.37 bits per heavy atom. The highest BCUT2D eigenvalue weighted by Crippen LogP contribution is 2.27. The van der Waals surface area contributed by atoms with Gasteiger partial charge in [0.2, 0.25) is 0 Å². The third kappa shape index (κ3) is 4.64. The molecular weight excluding hydrogens is 341 g/mol. The summed E-state index contributed by atoms with van der Waals surface area (Å²) < 4.78 is 14.0. The van der Waals surface area contributed by atoms with Crippen molar-refractivity contribution in [3.8, 4) is 0 Å². The van der Waals surface area contributed by atoms with Crippen LogP contribution in [0.3, 0.4) is 0 Å². The first kappa shape index (κ1) is 19.2. The minimum absolute atomic E-state index is 0.137. The summed E-state index contributed by atoms with van der Waals surface area (Å²) in [5.74, 6) is 0.703. The highest BCUT2D eigenvalue weighted by atomic mass is 19.1. The molecule has 1 aliphatic carbocycles. The van der Waals surface area contributed by atoms with Crippen molar-refractivity contribution in [1.82, 2.24) is 9.80 Å². The Kier molecular flexibility index (Phi) is 6.31. The monoisotopic (exact) mass is 375 g/mol. The molecule has 0 unspecified atom stereocenters. The molecule has 4 rings (SSSR count). The highest BCUT2D eigenvalue weighted by molar-refractivity contribution is 5.48. The Bertz CT molecular complexity index is 599. The first-order valence-corrected chi connectivity index (χ1v) is 10.8. The van der Waals surface area contributed by atoms with Gasteiger partial charge in [0.15, 0.2) is 0 Å². The van der Waals surface area contributed by atoms with Crippen LogP contribution in [0, 0.1) is 11.7 Å². The average molecular weight is 376 g/mol. The Balaban J connectivity index is 1.26. The van der Waals surface area contributed by atoms with Crippen LogP contribution < -0.4 is 4.90 Å². The van der Waals surface area contributed by atoms with Crippen molar-refractivity contribution >= 4 is 5.69 Å². The summed E-state index contributed by atoms with van der Waals surface area (Å²) in [5.41, 5.74) is 0.708. The molecule has 1 saturated carbocycles. The van der Waals surface area contributed by atoms with E-state index in [-0.39, 0.29) is 18.0 Å². The molecule has 3 fully saturated rings. The lowest BCUT2D eigenvalue weighted by Crippen LogP contribution is -2.59. The van der Waals surface area contributed by atoms with Crippen molar-refractivity contribution in [3.63, 3.8) is 0 Å². The second-order valence-corrected chi connectivity index (χ2v) is 8.66. The summed E-state index contributed by atoms with van der Waals surface area (Å²) >= 11 is 0. The topological polar surface area (TPSA) is 30.0 Å². The number of aliphatic hydroxyl groups excluding tert-OH is 1. The molecule has 0 spiro atoms. The summed E-state index contributed by atoms with van der Waals surface area (Å²) in [6.45, 7) is 6.55. The van der Waals surface area contributed by atoms with Gasteiger partial charge in [0.1, 0.15) is 5.82 Å². The van der Waals surface area contributed by atoms with Gasteiger partial charge in [-0.15, -0.1) is 0 Å². The lowest BCUT2D eigenvalue weighted by Gasteiger charge is -2.46. The first-order valence-electron chi connectivity index (χ1n) is 10.8. The van der Waals surface area contributed by atoms with E-state index in [4.69, 9.17) is 0 Å². The van der Waals surface area contributed by atoms with E-state index in [1.54, 1.807) is 6.07 Å². The fraction of sp³-hybridized carbons (Fsp3) is 0.727. The van der Waals surface area contributed by atoms with Crippen LogP contribution in [0.5, 0.6) is 0 Å². The number of para-hydroxylation sites is 1. The molecule has 150 valence electrons. The number of halogens is 1. The maximum absolute atomic E-state index is 14.0. The van der Waals surface area contributed by atoms with Crippen molar-refractivity contribution < 1.29 is 9.50 Å². The number of benzene rings is 1. The van der Waals surface area contributed by atoms with Gasteiger partial charge in [-0.25, -0.2) is 4.39 Å². The molecule has 5 heteroatoms. The first-order chi connectivity index (χ1) is 13.2. The van der Waals surface area contributed by atoms with Crippen LogP contribution in [0.25, 0.3) is 0 Å². The van der Waals surface area contributed by atoms with Crippen molar-refractivity contribution in [2.75, 3.05) is 50.7 Å². The van der Waals surface area contributed by atoms with Gasteiger partial charge in [0, 0.05) is 45.3 Å². The molecule has 2 aliphatic heterocycles. The van der Waals surface area contributed by atoms with E-state index in [1.165, 1.54) is 44.7 Å². The Hall–Kier alpha value is -1.17. The molecule has 3 aliphatic rings. The predicted octanol–water partition coefficient (Wildman–Crippen LogP) is 2.96. The van der Waals surface area contributed by atoms with Crippen molar-refractivity contribution in [1.29, 1.82) is 0 Å². The average Bonchev–Trinajstić information content (AvgIpc) is 2.70. The zero-order chi connectivity index (χ0) is 18.6. The summed E-state index contributed by atoms with van der Waals surface area (Å²) in [5, 5.41) is 10.8. The molecule has 1 N–H and O–H groups in total. The lowest BCUT2D eigenvalue weighted by atomic mass is 9.88. The molecule has 0 aromatic heterocycles. The summed E-state index contributed by atoms with van der Waals surface area (Å²) in [6.07, 6.45) is 7.70. The zero-order valence-corrected chi connectivity index (χ0v) is 16.4. The predicted molar refractivity (Wildman–Crippen MR) is 108 cm³/mol. The van der Waals surface area contributed by atoms with Gasteiger partial charge in [-0.1, -0.05) is 31.4 Å². The molecule has 0 bridgehead atoms. The van der Waals surface area contributed by atoms with Gasteiger partial charge in [0.25, 0.3) is 0 Å².